The van der Waals surface area contributed by atoms with Crippen molar-refractivity contribution in [1.82, 2.24) is 5.32 Å². The second-order valence-electron chi connectivity index (χ2n) is 6.70. The van der Waals surface area contributed by atoms with Crippen LogP contribution in [0.3, 0.4) is 0 Å². The van der Waals surface area contributed by atoms with Crippen LogP contribution in [-0.2, 0) is 6.42 Å². The molecular formula is C22H24ClNO2. The van der Waals surface area contributed by atoms with Gasteiger partial charge in [0.05, 0.1) is 19.3 Å². The van der Waals surface area contributed by atoms with Crippen molar-refractivity contribution in [3.05, 3.63) is 60.2 Å². The topological polar surface area (TPSA) is 52.5 Å². The second kappa shape index (κ2) is 8.19. The summed E-state index contributed by atoms with van der Waals surface area (Å²) in [5.74, 6) is 0. The molecule has 0 aliphatic rings. The third-order valence-corrected chi connectivity index (χ3v) is 5.12. The molecule has 0 fully saturated rings. The summed E-state index contributed by atoms with van der Waals surface area (Å²) in [4.78, 5) is 0. The van der Waals surface area contributed by atoms with E-state index in [1.54, 1.807) is 0 Å². The first kappa shape index (κ1) is 18.9. The Hall–Kier alpha value is -1.91. The molecule has 0 radical (unpaired) electrons. The third kappa shape index (κ3) is 3.36. The van der Waals surface area contributed by atoms with E-state index >= 15 is 0 Å². The summed E-state index contributed by atoms with van der Waals surface area (Å²) in [6.45, 7) is 0.720. The lowest BCUT2D eigenvalue weighted by atomic mass is 9.91. The highest BCUT2D eigenvalue weighted by Crippen LogP contribution is 2.36. The molecule has 26 heavy (non-hydrogen) atoms. The Labute approximate surface area is 159 Å². The van der Waals surface area contributed by atoms with Gasteiger partial charge in [-0.05, 0) is 57.3 Å². The van der Waals surface area contributed by atoms with Gasteiger partial charge in [-0.15, -0.1) is 12.4 Å². The van der Waals surface area contributed by atoms with Gasteiger partial charge in [-0.1, -0.05) is 54.6 Å². The van der Waals surface area contributed by atoms with Crippen molar-refractivity contribution in [2.75, 3.05) is 19.8 Å². The van der Waals surface area contributed by atoms with E-state index < -0.39 is 0 Å². The number of hydrogen-bond acceptors (Lipinski definition) is 3. The summed E-state index contributed by atoms with van der Waals surface area (Å²) in [7, 11) is 0. The highest BCUT2D eigenvalue weighted by molar-refractivity contribution is 6.23. The molecule has 0 spiro atoms. The van der Waals surface area contributed by atoms with Crippen LogP contribution in [0.5, 0.6) is 0 Å². The van der Waals surface area contributed by atoms with E-state index in [0.717, 1.165) is 19.4 Å². The van der Waals surface area contributed by atoms with Gasteiger partial charge in [-0.3, -0.25) is 0 Å². The molecule has 0 amide bonds. The number of benzene rings is 4. The van der Waals surface area contributed by atoms with E-state index in [4.69, 9.17) is 10.2 Å². The van der Waals surface area contributed by atoms with Crippen LogP contribution in [0.25, 0.3) is 32.3 Å². The first-order valence-corrected chi connectivity index (χ1v) is 8.92. The lowest BCUT2D eigenvalue weighted by Crippen LogP contribution is -2.36. The van der Waals surface area contributed by atoms with Gasteiger partial charge in [0.25, 0.3) is 0 Å². The Morgan fingerprint density at radius 2 is 1.38 bits per heavy atom. The maximum absolute atomic E-state index is 9.12. The average Bonchev–Trinajstić information content (AvgIpc) is 2.67. The van der Waals surface area contributed by atoms with Crippen LogP contribution in [-0.4, -0.2) is 36.0 Å². The third-order valence-electron chi connectivity index (χ3n) is 5.12. The number of aliphatic hydroxyl groups is 2. The van der Waals surface area contributed by atoms with Crippen LogP contribution in [0.1, 0.15) is 12.0 Å². The van der Waals surface area contributed by atoms with E-state index in [0.29, 0.717) is 0 Å². The summed E-state index contributed by atoms with van der Waals surface area (Å²) in [5.41, 5.74) is 1.36. The van der Waals surface area contributed by atoms with Crippen LogP contribution < -0.4 is 5.32 Å². The van der Waals surface area contributed by atoms with Crippen molar-refractivity contribution in [3.8, 4) is 0 Å². The lowest BCUT2D eigenvalue weighted by Gasteiger charge is -2.15. The van der Waals surface area contributed by atoms with E-state index in [9.17, 15) is 0 Å². The Bertz CT molecular complexity index is 982. The smallest absolute Gasteiger partial charge is 0.0607 e. The fourth-order valence-electron chi connectivity index (χ4n) is 3.79. The van der Waals surface area contributed by atoms with Gasteiger partial charge in [0, 0.05) is 0 Å². The molecule has 0 aromatic heterocycles. The fourth-order valence-corrected chi connectivity index (χ4v) is 3.79. The summed E-state index contributed by atoms with van der Waals surface area (Å²) in [6, 6.07) is 19.6. The molecule has 3 N–H and O–H groups in total. The number of hydrogen-bond donors (Lipinski definition) is 3. The molecule has 4 aromatic rings. The quantitative estimate of drug-likeness (QED) is 0.342. The van der Waals surface area contributed by atoms with Crippen LogP contribution in [0.15, 0.2) is 54.6 Å². The molecule has 0 aliphatic heterocycles. The van der Waals surface area contributed by atoms with E-state index in [-0.39, 0.29) is 31.7 Å². The van der Waals surface area contributed by atoms with Crippen molar-refractivity contribution in [2.24, 2.45) is 0 Å². The molecule has 0 heterocycles. The molecule has 4 rings (SSSR count). The second-order valence-corrected chi connectivity index (χ2v) is 6.70. The van der Waals surface area contributed by atoms with Gasteiger partial charge in [-0.2, -0.15) is 0 Å². The minimum absolute atomic E-state index is 0. The summed E-state index contributed by atoms with van der Waals surface area (Å²) in [6.07, 6.45) is 1.95. The number of halogens is 1. The van der Waals surface area contributed by atoms with Crippen molar-refractivity contribution in [1.29, 1.82) is 0 Å². The predicted octanol–water partition coefficient (Wildman–Crippen LogP) is 3.88. The predicted molar refractivity (Wildman–Crippen MR) is 112 cm³/mol. The van der Waals surface area contributed by atoms with Crippen LogP contribution in [0, 0.1) is 0 Å². The summed E-state index contributed by atoms with van der Waals surface area (Å²) < 4.78 is 0. The lowest BCUT2D eigenvalue weighted by molar-refractivity contribution is 0.171. The van der Waals surface area contributed by atoms with Gasteiger partial charge in [0.1, 0.15) is 0 Å². The van der Waals surface area contributed by atoms with Crippen LogP contribution in [0.2, 0.25) is 0 Å². The Morgan fingerprint density at radius 3 is 2.08 bits per heavy atom. The highest BCUT2D eigenvalue weighted by Gasteiger charge is 2.10. The molecular weight excluding hydrogens is 346 g/mol. The van der Waals surface area contributed by atoms with Gasteiger partial charge < -0.3 is 15.5 Å². The summed E-state index contributed by atoms with van der Waals surface area (Å²) >= 11 is 0. The minimum atomic E-state index is -0.221. The zero-order valence-corrected chi connectivity index (χ0v) is 15.4. The normalized spacial score (nSPS) is 11.7. The Morgan fingerprint density at radius 1 is 0.769 bits per heavy atom. The molecule has 0 saturated carbocycles. The van der Waals surface area contributed by atoms with Gasteiger partial charge in [-0.25, -0.2) is 0 Å². The van der Waals surface area contributed by atoms with Crippen molar-refractivity contribution in [3.63, 3.8) is 0 Å². The molecule has 0 saturated heterocycles. The van der Waals surface area contributed by atoms with E-state index in [1.165, 1.54) is 37.9 Å². The number of aliphatic hydroxyl groups excluding tert-OH is 2. The van der Waals surface area contributed by atoms with E-state index in [2.05, 4.69) is 59.9 Å². The Kier molecular flexibility index (Phi) is 5.94. The van der Waals surface area contributed by atoms with Gasteiger partial charge >= 0.3 is 0 Å². The maximum Gasteiger partial charge on any atom is 0.0607 e. The number of rotatable bonds is 7. The SMILES string of the molecule is Cl.OCC(CO)NCCCc1ccc2ccc3cccc4ccc1c2c34. The Balaban J connectivity index is 0.00000196. The zero-order valence-electron chi connectivity index (χ0n) is 14.6. The number of nitrogens with one attached hydrogen (secondary N) is 1. The molecule has 0 atom stereocenters. The maximum atomic E-state index is 9.12. The molecule has 4 heteroatoms. The van der Waals surface area contributed by atoms with Gasteiger partial charge in [0.2, 0.25) is 0 Å². The van der Waals surface area contributed by atoms with E-state index in [1.807, 2.05) is 0 Å². The van der Waals surface area contributed by atoms with Crippen molar-refractivity contribution >= 4 is 44.7 Å². The first-order valence-electron chi connectivity index (χ1n) is 8.92. The van der Waals surface area contributed by atoms with Crippen LogP contribution >= 0.6 is 12.4 Å². The molecule has 0 aliphatic carbocycles. The molecule has 4 aromatic carbocycles. The monoisotopic (exact) mass is 369 g/mol. The summed E-state index contributed by atoms with van der Waals surface area (Å²) in [5, 5.41) is 29.4. The average molecular weight is 370 g/mol. The van der Waals surface area contributed by atoms with Crippen LogP contribution in [0.4, 0.5) is 0 Å². The largest absolute Gasteiger partial charge is 0.395 e. The van der Waals surface area contributed by atoms with Crippen molar-refractivity contribution < 1.29 is 10.2 Å². The molecule has 136 valence electrons. The van der Waals surface area contributed by atoms with Gasteiger partial charge in [0.15, 0.2) is 0 Å². The standard InChI is InChI=1S/C22H23NO2.ClH/c24-13-19(14-25)23-12-2-5-15-6-7-18-9-8-16-3-1-4-17-10-11-20(15)22(18)21(16)17;/h1,3-4,6-11,19,23-25H,2,5,12-14H2;1H. The first-order chi connectivity index (χ1) is 12.3. The zero-order chi connectivity index (χ0) is 17.2. The molecule has 0 unspecified atom stereocenters. The fraction of sp³-hybridized carbons (Fsp3) is 0.273. The van der Waals surface area contributed by atoms with Crippen molar-refractivity contribution in [2.45, 2.75) is 18.9 Å². The number of aryl methyl sites for hydroxylation is 1. The minimum Gasteiger partial charge on any atom is -0.395 e. The molecule has 0 bridgehead atoms. The highest BCUT2D eigenvalue weighted by atomic mass is 35.5. The molecule has 3 nitrogen and oxygen atoms in total.